The molecular weight excluding hydrogens is 433 g/mol. The third kappa shape index (κ3) is 4.10. The van der Waals surface area contributed by atoms with Crippen LogP contribution < -0.4 is 4.90 Å². The van der Waals surface area contributed by atoms with Crippen molar-refractivity contribution in [2.24, 2.45) is 0 Å². The van der Waals surface area contributed by atoms with Gasteiger partial charge in [0, 0.05) is 31.9 Å². The van der Waals surface area contributed by atoms with Crippen molar-refractivity contribution in [3.05, 3.63) is 24.7 Å². The number of nitrogens with zero attached hydrogens (tertiary/aromatic N) is 5. The highest BCUT2D eigenvalue weighted by molar-refractivity contribution is 7.89. The van der Waals surface area contributed by atoms with Gasteiger partial charge in [-0.1, -0.05) is 6.92 Å². The standard InChI is InChI=1S/C19H25F3N6O2S/c1-3-14-15(5-4-9-27(14)31(29,30)10-7-19(20,21)22)26(2)18-25-12-13-11-24-17-16(28(13)18)6-8-23-17/h6,8,11-12,14-15,23H,3-5,7,9-10H2,1-2H3/t14-,15+/m0/s1. The number of hydrogen-bond donors (Lipinski definition) is 1. The molecule has 31 heavy (non-hydrogen) atoms. The Labute approximate surface area is 178 Å². The first-order valence-corrected chi connectivity index (χ1v) is 11.8. The highest BCUT2D eigenvalue weighted by Crippen LogP contribution is 2.31. The summed E-state index contributed by atoms with van der Waals surface area (Å²) < 4.78 is 66.8. The van der Waals surface area contributed by atoms with E-state index in [2.05, 4.69) is 15.0 Å². The molecule has 1 aliphatic rings. The van der Waals surface area contributed by atoms with Crippen LogP contribution in [0.15, 0.2) is 24.7 Å². The Morgan fingerprint density at radius 1 is 1.29 bits per heavy atom. The van der Waals surface area contributed by atoms with E-state index in [9.17, 15) is 21.6 Å². The summed E-state index contributed by atoms with van der Waals surface area (Å²) in [4.78, 5) is 13.9. The van der Waals surface area contributed by atoms with Gasteiger partial charge in [0.25, 0.3) is 0 Å². The summed E-state index contributed by atoms with van der Waals surface area (Å²) in [6.45, 7) is 2.10. The third-order valence-corrected chi connectivity index (χ3v) is 7.85. The van der Waals surface area contributed by atoms with Crippen LogP contribution in [-0.4, -0.2) is 69.7 Å². The minimum atomic E-state index is -4.51. The predicted molar refractivity (Wildman–Crippen MR) is 112 cm³/mol. The van der Waals surface area contributed by atoms with Crippen molar-refractivity contribution in [2.45, 2.75) is 50.9 Å². The number of halogens is 3. The number of anilines is 1. The molecular formula is C19H25F3N6O2S. The van der Waals surface area contributed by atoms with Gasteiger partial charge in [-0.2, -0.15) is 17.5 Å². The van der Waals surface area contributed by atoms with Crippen LogP contribution in [0.5, 0.6) is 0 Å². The van der Waals surface area contributed by atoms with E-state index < -0.39 is 34.4 Å². The van der Waals surface area contributed by atoms with E-state index in [4.69, 9.17) is 0 Å². The number of aromatic nitrogens is 4. The summed E-state index contributed by atoms with van der Waals surface area (Å²) in [5, 5.41) is 0. The number of rotatable bonds is 6. The molecule has 8 nitrogen and oxygen atoms in total. The van der Waals surface area contributed by atoms with Crippen LogP contribution in [0.2, 0.25) is 0 Å². The molecule has 0 radical (unpaired) electrons. The van der Waals surface area contributed by atoms with Gasteiger partial charge >= 0.3 is 6.18 Å². The molecule has 0 aromatic carbocycles. The van der Waals surface area contributed by atoms with E-state index in [0.717, 1.165) is 17.5 Å². The summed E-state index contributed by atoms with van der Waals surface area (Å²) in [5.41, 5.74) is 2.34. The maximum Gasteiger partial charge on any atom is 0.390 e. The summed E-state index contributed by atoms with van der Waals surface area (Å²) in [6.07, 6.45) is 1.12. The lowest BCUT2D eigenvalue weighted by molar-refractivity contribution is -0.130. The molecule has 3 aromatic rings. The summed E-state index contributed by atoms with van der Waals surface area (Å²) in [5.74, 6) is -0.286. The number of piperidine rings is 1. The second-order valence-electron chi connectivity index (χ2n) is 7.88. The van der Waals surface area contributed by atoms with Crippen LogP contribution in [0.4, 0.5) is 19.1 Å². The lowest BCUT2D eigenvalue weighted by Crippen LogP contribution is -2.57. The molecule has 4 rings (SSSR count). The molecule has 4 heterocycles. The van der Waals surface area contributed by atoms with Crippen LogP contribution in [0, 0.1) is 0 Å². The smallest absolute Gasteiger partial charge is 0.345 e. The first-order valence-electron chi connectivity index (χ1n) is 10.2. The van der Waals surface area contributed by atoms with E-state index >= 15 is 0 Å². The van der Waals surface area contributed by atoms with E-state index in [1.165, 1.54) is 4.31 Å². The predicted octanol–water partition coefficient (Wildman–Crippen LogP) is 3.17. The van der Waals surface area contributed by atoms with Gasteiger partial charge in [-0.15, -0.1) is 0 Å². The Balaban J connectivity index is 1.66. The summed E-state index contributed by atoms with van der Waals surface area (Å²) >= 11 is 0. The average molecular weight is 459 g/mol. The molecule has 170 valence electrons. The first-order chi connectivity index (χ1) is 14.6. The van der Waals surface area contributed by atoms with Crippen molar-refractivity contribution < 1.29 is 21.6 Å². The van der Waals surface area contributed by atoms with Gasteiger partial charge in [-0.3, -0.25) is 4.40 Å². The molecule has 2 atom stereocenters. The summed E-state index contributed by atoms with van der Waals surface area (Å²) in [7, 11) is -2.18. The Morgan fingerprint density at radius 3 is 2.74 bits per heavy atom. The molecule has 0 saturated carbocycles. The van der Waals surface area contributed by atoms with Crippen LogP contribution in [0.25, 0.3) is 16.7 Å². The zero-order valence-electron chi connectivity index (χ0n) is 17.3. The number of aromatic amines is 1. The second-order valence-corrected chi connectivity index (χ2v) is 9.92. The zero-order chi connectivity index (χ0) is 22.4. The highest BCUT2D eigenvalue weighted by Gasteiger charge is 2.41. The minimum Gasteiger partial charge on any atom is -0.345 e. The van der Waals surface area contributed by atoms with E-state index in [-0.39, 0.29) is 12.6 Å². The molecule has 1 N–H and O–H groups in total. The van der Waals surface area contributed by atoms with E-state index in [1.54, 1.807) is 18.6 Å². The fourth-order valence-corrected chi connectivity index (χ4v) is 6.33. The van der Waals surface area contributed by atoms with Gasteiger partial charge in [-0.05, 0) is 25.3 Å². The van der Waals surface area contributed by atoms with Gasteiger partial charge in [0.05, 0.1) is 35.6 Å². The number of imidazole rings is 1. The van der Waals surface area contributed by atoms with Crippen molar-refractivity contribution in [1.82, 2.24) is 23.7 Å². The van der Waals surface area contributed by atoms with Crippen molar-refractivity contribution in [3.8, 4) is 0 Å². The quantitative estimate of drug-likeness (QED) is 0.613. The number of nitrogens with one attached hydrogen (secondary N) is 1. The van der Waals surface area contributed by atoms with Gasteiger partial charge in [0.2, 0.25) is 16.0 Å². The molecule has 0 bridgehead atoms. The van der Waals surface area contributed by atoms with Crippen LogP contribution >= 0.6 is 0 Å². The zero-order valence-corrected chi connectivity index (χ0v) is 18.1. The molecule has 3 aromatic heterocycles. The molecule has 0 aliphatic carbocycles. The van der Waals surface area contributed by atoms with Crippen LogP contribution in [0.3, 0.4) is 0 Å². The molecule has 1 fully saturated rings. The largest absolute Gasteiger partial charge is 0.390 e. The van der Waals surface area contributed by atoms with Crippen molar-refractivity contribution >= 4 is 32.7 Å². The topological polar surface area (TPSA) is 86.6 Å². The maximum absolute atomic E-state index is 12.8. The van der Waals surface area contributed by atoms with Gasteiger partial charge in [0.15, 0.2) is 5.65 Å². The van der Waals surface area contributed by atoms with Gasteiger partial charge < -0.3 is 9.88 Å². The molecule has 1 saturated heterocycles. The number of likely N-dealkylation sites (N-methyl/N-ethyl adjacent to an activating group) is 1. The van der Waals surface area contributed by atoms with Crippen LogP contribution in [0.1, 0.15) is 32.6 Å². The minimum absolute atomic E-state index is 0.216. The van der Waals surface area contributed by atoms with Crippen molar-refractivity contribution in [2.75, 3.05) is 24.2 Å². The molecule has 12 heteroatoms. The van der Waals surface area contributed by atoms with E-state index in [1.807, 2.05) is 29.3 Å². The lowest BCUT2D eigenvalue weighted by atomic mass is 9.95. The molecule has 0 amide bonds. The second kappa shape index (κ2) is 7.97. The molecule has 0 spiro atoms. The van der Waals surface area contributed by atoms with Crippen molar-refractivity contribution in [1.29, 1.82) is 0 Å². The van der Waals surface area contributed by atoms with E-state index in [0.29, 0.717) is 24.4 Å². The maximum atomic E-state index is 12.8. The summed E-state index contributed by atoms with van der Waals surface area (Å²) in [6, 6.07) is 1.24. The Hall–Kier alpha value is -2.34. The Morgan fingerprint density at radius 2 is 2.03 bits per heavy atom. The fraction of sp³-hybridized carbons (Fsp3) is 0.579. The normalized spacial score (nSPS) is 21.2. The average Bonchev–Trinajstić information content (AvgIpc) is 3.37. The van der Waals surface area contributed by atoms with Crippen molar-refractivity contribution in [3.63, 3.8) is 0 Å². The number of alkyl halides is 3. The third-order valence-electron chi connectivity index (χ3n) is 5.97. The number of sulfonamides is 1. The Kier molecular flexibility index (Phi) is 5.63. The van der Waals surface area contributed by atoms with Crippen LogP contribution in [-0.2, 0) is 10.0 Å². The first kappa shape index (κ1) is 21.9. The van der Waals surface area contributed by atoms with Gasteiger partial charge in [-0.25, -0.2) is 18.4 Å². The number of hydrogen-bond acceptors (Lipinski definition) is 5. The number of fused-ring (bicyclic) bond motifs is 3. The lowest BCUT2D eigenvalue weighted by Gasteiger charge is -2.44. The Bertz CT molecular complexity index is 1170. The highest BCUT2D eigenvalue weighted by atomic mass is 32.2. The molecule has 1 aliphatic heterocycles. The molecule has 0 unspecified atom stereocenters. The SMILES string of the molecule is CC[C@H]1[C@H](N(C)c2ncc3cnc4[nH]ccc4n23)CCCN1S(=O)(=O)CCC(F)(F)F. The fourth-order valence-electron chi connectivity index (χ4n) is 4.50. The monoisotopic (exact) mass is 458 g/mol. The number of H-pyrrole nitrogens is 1. The van der Waals surface area contributed by atoms with Gasteiger partial charge in [0.1, 0.15) is 0 Å².